The first-order valence-electron chi connectivity index (χ1n) is 11.5. The molecule has 0 saturated heterocycles. The number of methoxy groups -OCH3 is 1. The lowest BCUT2D eigenvalue weighted by Gasteiger charge is -2.27. The van der Waals surface area contributed by atoms with Crippen LogP contribution >= 0.6 is 0 Å². The van der Waals surface area contributed by atoms with Gasteiger partial charge in [-0.3, -0.25) is 15.3 Å². The number of nitrogens with one attached hydrogen (secondary N) is 2. The number of hydrogen-bond donors (Lipinski definition) is 4. The molecule has 2 amide bonds. The first kappa shape index (κ1) is 26.7. The van der Waals surface area contributed by atoms with Crippen LogP contribution in [-0.2, 0) is 14.3 Å². The van der Waals surface area contributed by atoms with Crippen LogP contribution in [0.5, 0.6) is 5.75 Å². The van der Waals surface area contributed by atoms with E-state index in [9.17, 15) is 9.59 Å². The molecule has 4 N–H and O–H groups in total. The molecule has 0 aromatic heterocycles. The minimum Gasteiger partial charge on any atom is -0.491 e. The lowest BCUT2D eigenvalue weighted by Crippen LogP contribution is -2.28. The summed E-state index contributed by atoms with van der Waals surface area (Å²) in [5.41, 5.74) is 2.79. The van der Waals surface area contributed by atoms with Crippen molar-refractivity contribution < 1.29 is 34.1 Å². The lowest BCUT2D eigenvalue weighted by atomic mass is 10.00. The van der Waals surface area contributed by atoms with Crippen molar-refractivity contribution in [3.8, 4) is 5.75 Å². The Morgan fingerprint density at radius 2 is 1.83 bits per heavy atom. The number of carbonyl (C=O) groups is 2. The molecule has 0 aliphatic carbocycles. The number of aliphatic hydroxyl groups is 1. The molecule has 9 heteroatoms. The lowest BCUT2D eigenvalue weighted by molar-refractivity contribution is -0.124. The topological polar surface area (TPSA) is 126 Å². The summed E-state index contributed by atoms with van der Waals surface area (Å²) >= 11 is 0. The van der Waals surface area contributed by atoms with Crippen LogP contribution in [0.3, 0.4) is 0 Å². The summed E-state index contributed by atoms with van der Waals surface area (Å²) in [6, 6.07) is 20.3. The van der Waals surface area contributed by atoms with Crippen LogP contribution in [0.25, 0.3) is 10.8 Å². The maximum atomic E-state index is 13.0. The number of carbonyl (C=O) groups excluding carboxylic acids is 2. The Balaban J connectivity index is 1.82. The number of ether oxygens (including phenoxy) is 3. The van der Waals surface area contributed by atoms with Gasteiger partial charge in [-0.25, -0.2) is 10.3 Å². The number of fused-ring (bicyclic) bond motifs is 1. The number of hydroxylamine groups is 1. The third kappa shape index (κ3) is 7.54. The molecule has 0 radical (unpaired) electrons. The van der Waals surface area contributed by atoms with Crippen LogP contribution in [0.1, 0.15) is 24.5 Å². The SMILES string of the molecule is CO[C@H](CC/C=C/C(=O)NO)[C@H](OC(=O)Nc1cccc2ccccc12)c1cccc(OCCO)c1. The Morgan fingerprint density at radius 3 is 2.61 bits per heavy atom. The highest BCUT2D eigenvalue weighted by Crippen LogP contribution is 2.30. The quantitative estimate of drug-likeness (QED) is 0.167. The molecule has 0 unspecified atom stereocenters. The van der Waals surface area contributed by atoms with Gasteiger partial charge in [0.05, 0.1) is 18.4 Å². The van der Waals surface area contributed by atoms with Crippen LogP contribution < -0.4 is 15.5 Å². The van der Waals surface area contributed by atoms with E-state index in [1.807, 2.05) is 36.4 Å². The zero-order valence-electron chi connectivity index (χ0n) is 19.9. The molecule has 190 valence electrons. The molecular formula is C27H30N2O7. The zero-order valence-corrected chi connectivity index (χ0v) is 19.9. The summed E-state index contributed by atoms with van der Waals surface area (Å²) in [6.45, 7) is -0.00594. The predicted molar refractivity (Wildman–Crippen MR) is 135 cm³/mol. The summed E-state index contributed by atoms with van der Waals surface area (Å²) in [5, 5.41) is 22.4. The van der Waals surface area contributed by atoms with E-state index in [0.717, 1.165) is 10.8 Å². The fraction of sp³-hybridized carbons (Fsp3) is 0.259. The number of amides is 2. The second kappa shape index (κ2) is 13.8. The van der Waals surface area contributed by atoms with Crippen molar-refractivity contribution in [1.29, 1.82) is 0 Å². The van der Waals surface area contributed by atoms with Crippen LogP contribution in [0.4, 0.5) is 10.5 Å². The van der Waals surface area contributed by atoms with Crippen molar-refractivity contribution >= 4 is 28.5 Å². The van der Waals surface area contributed by atoms with E-state index in [-0.39, 0.29) is 13.2 Å². The Kier molecular flexibility index (Phi) is 10.3. The second-order valence-corrected chi connectivity index (χ2v) is 7.85. The first-order chi connectivity index (χ1) is 17.5. The Bertz CT molecular complexity index is 1180. The Labute approximate surface area is 209 Å². The molecule has 0 bridgehead atoms. The van der Waals surface area contributed by atoms with Crippen molar-refractivity contribution in [2.75, 3.05) is 25.6 Å². The highest BCUT2D eigenvalue weighted by Gasteiger charge is 2.27. The van der Waals surface area contributed by atoms with Gasteiger partial charge < -0.3 is 19.3 Å². The van der Waals surface area contributed by atoms with Gasteiger partial charge in [0.2, 0.25) is 0 Å². The molecule has 0 spiro atoms. The molecule has 0 aliphatic heterocycles. The fourth-order valence-electron chi connectivity index (χ4n) is 3.77. The second-order valence-electron chi connectivity index (χ2n) is 7.85. The number of rotatable bonds is 12. The smallest absolute Gasteiger partial charge is 0.412 e. The summed E-state index contributed by atoms with van der Waals surface area (Å²) < 4.78 is 17.1. The van der Waals surface area contributed by atoms with Crippen molar-refractivity contribution in [3.05, 3.63) is 84.4 Å². The van der Waals surface area contributed by atoms with Crippen LogP contribution in [0.2, 0.25) is 0 Å². The Morgan fingerprint density at radius 1 is 1.06 bits per heavy atom. The van der Waals surface area contributed by atoms with E-state index < -0.39 is 24.2 Å². The van der Waals surface area contributed by atoms with Crippen LogP contribution in [0, 0.1) is 0 Å². The third-order valence-electron chi connectivity index (χ3n) is 5.44. The molecule has 3 rings (SSSR count). The number of allylic oxidation sites excluding steroid dienone is 1. The summed E-state index contributed by atoms with van der Waals surface area (Å²) in [5.74, 6) is -0.126. The van der Waals surface area contributed by atoms with Crippen molar-refractivity contribution in [2.45, 2.75) is 25.0 Å². The maximum Gasteiger partial charge on any atom is 0.412 e. The van der Waals surface area contributed by atoms with Crippen molar-refractivity contribution in [1.82, 2.24) is 5.48 Å². The standard InChI is InChI=1S/C27H30N2O7/c1-34-24(14-4-5-15-25(31)29-33)26(20-10-6-11-21(18-20)35-17-16-30)36-27(32)28-23-13-7-9-19-8-2-3-12-22(19)23/h2-3,5-13,15,18,24,26,30,33H,4,14,16-17H2,1H3,(H,28,32)(H,29,31)/b15-5+/t24-,26-/m1/s1. The van der Waals surface area contributed by atoms with Gasteiger partial charge in [0.25, 0.3) is 5.91 Å². The molecular weight excluding hydrogens is 464 g/mol. The van der Waals surface area contributed by atoms with Gasteiger partial charge in [-0.2, -0.15) is 0 Å². The van der Waals surface area contributed by atoms with Gasteiger partial charge in [0, 0.05) is 18.6 Å². The average Bonchev–Trinajstić information content (AvgIpc) is 2.91. The van der Waals surface area contributed by atoms with Crippen molar-refractivity contribution in [2.24, 2.45) is 0 Å². The van der Waals surface area contributed by atoms with E-state index in [4.69, 9.17) is 24.5 Å². The maximum absolute atomic E-state index is 13.0. The van der Waals surface area contributed by atoms with E-state index >= 15 is 0 Å². The number of anilines is 1. The highest BCUT2D eigenvalue weighted by atomic mass is 16.6. The molecule has 0 fully saturated rings. The zero-order chi connectivity index (χ0) is 25.8. The predicted octanol–water partition coefficient (Wildman–Crippen LogP) is 4.36. The summed E-state index contributed by atoms with van der Waals surface area (Å²) in [7, 11) is 1.51. The van der Waals surface area contributed by atoms with E-state index in [2.05, 4.69) is 5.32 Å². The average molecular weight is 495 g/mol. The van der Waals surface area contributed by atoms with Crippen molar-refractivity contribution in [3.63, 3.8) is 0 Å². The van der Waals surface area contributed by atoms with Crippen LogP contribution in [0.15, 0.2) is 78.9 Å². The molecule has 3 aromatic carbocycles. The van der Waals surface area contributed by atoms with E-state index in [1.165, 1.54) is 18.7 Å². The largest absolute Gasteiger partial charge is 0.491 e. The Hall–Kier alpha value is -3.92. The molecule has 36 heavy (non-hydrogen) atoms. The van der Waals surface area contributed by atoms with Gasteiger partial charge in [0.15, 0.2) is 6.10 Å². The highest BCUT2D eigenvalue weighted by molar-refractivity contribution is 6.00. The van der Waals surface area contributed by atoms with Gasteiger partial charge in [-0.1, -0.05) is 54.6 Å². The molecule has 2 atom stereocenters. The van der Waals surface area contributed by atoms with Crippen LogP contribution in [-0.4, -0.2) is 48.7 Å². The summed E-state index contributed by atoms with van der Waals surface area (Å²) in [4.78, 5) is 24.3. The molecule has 3 aromatic rings. The van der Waals surface area contributed by atoms with Gasteiger partial charge in [-0.15, -0.1) is 0 Å². The third-order valence-corrected chi connectivity index (χ3v) is 5.44. The normalized spacial score (nSPS) is 12.8. The van der Waals surface area contributed by atoms with E-state index in [1.54, 1.807) is 36.4 Å². The number of aliphatic hydroxyl groups excluding tert-OH is 1. The fourth-order valence-corrected chi connectivity index (χ4v) is 3.77. The van der Waals surface area contributed by atoms with Gasteiger partial charge in [-0.05, 0) is 42.0 Å². The minimum atomic E-state index is -0.803. The first-order valence-corrected chi connectivity index (χ1v) is 11.5. The van der Waals surface area contributed by atoms with Gasteiger partial charge in [0.1, 0.15) is 12.4 Å². The molecule has 0 aliphatic rings. The monoisotopic (exact) mass is 494 g/mol. The number of benzene rings is 3. The molecule has 9 nitrogen and oxygen atoms in total. The number of hydrogen-bond acceptors (Lipinski definition) is 7. The molecule has 0 saturated carbocycles. The summed E-state index contributed by atoms with van der Waals surface area (Å²) in [6.07, 6.45) is 1.62. The molecule has 0 heterocycles. The minimum absolute atomic E-state index is 0.127. The van der Waals surface area contributed by atoms with Gasteiger partial charge >= 0.3 is 6.09 Å². The van der Waals surface area contributed by atoms with E-state index in [0.29, 0.717) is 29.8 Å².